The number of cyclic esters (lactones) is 1. The minimum absolute atomic E-state index is 0.0212. The van der Waals surface area contributed by atoms with Crippen molar-refractivity contribution in [2.45, 2.75) is 135 Å². The molecule has 2 heterocycles. The number of hydrogen-bond donors (Lipinski definition) is 0. The molecule has 3 rings (SSSR count). The van der Waals surface area contributed by atoms with E-state index in [-0.39, 0.29) is 12.1 Å². The van der Waals surface area contributed by atoms with Gasteiger partial charge in [-0.3, -0.25) is 0 Å². The van der Waals surface area contributed by atoms with Crippen LogP contribution < -0.4 is 9.47 Å². The Labute approximate surface area is 213 Å². The van der Waals surface area contributed by atoms with Gasteiger partial charge in [-0.25, -0.2) is 4.79 Å². The van der Waals surface area contributed by atoms with E-state index in [4.69, 9.17) is 14.2 Å². The van der Waals surface area contributed by atoms with Gasteiger partial charge < -0.3 is 14.2 Å². The number of aryl methyl sites for hydroxylation is 1. The molecule has 0 amide bonds. The first-order valence-electron chi connectivity index (χ1n) is 14.5. The second-order valence-corrected chi connectivity index (χ2v) is 10.5. The highest BCUT2D eigenvalue weighted by Crippen LogP contribution is 2.33. The van der Waals surface area contributed by atoms with Crippen LogP contribution in [0.2, 0.25) is 0 Å². The van der Waals surface area contributed by atoms with Gasteiger partial charge in [-0.2, -0.15) is 0 Å². The minimum Gasteiger partial charge on any atom is -0.455 e. The summed E-state index contributed by atoms with van der Waals surface area (Å²) in [7, 11) is 0. The van der Waals surface area contributed by atoms with Crippen LogP contribution >= 0.6 is 0 Å². The SMILES string of the molecule is C[C@H]1C=C(CCCCCCCCCCCCCCCCCCCc2ccc3c(c2)OCO3)C(=O)O1. The lowest BCUT2D eigenvalue weighted by atomic mass is 10.0. The molecule has 0 aromatic heterocycles. The summed E-state index contributed by atoms with van der Waals surface area (Å²) < 4.78 is 16.0. The van der Waals surface area contributed by atoms with Crippen LogP contribution in [0.15, 0.2) is 29.8 Å². The summed E-state index contributed by atoms with van der Waals surface area (Å²) in [6.07, 6.45) is 27.0. The topological polar surface area (TPSA) is 44.8 Å². The average Bonchev–Trinajstić information content (AvgIpc) is 3.45. The van der Waals surface area contributed by atoms with Gasteiger partial charge in [-0.1, -0.05) is 102 Å². The van der Waals surface area contributed by atoms with Gasteiger partial charge in [0.1, 0.15) is 6.10 Å². The van der Waals surface area contributed by atoms with Crippen molar-refractivity contribution in [1.82, 2.24) is 0 Å². The van der Waals surface area contributed by atoms with E-state index < -0.39 is 0 Å². The first kappa shape index (κ1) is 27.6. The molecule has 0 spiro atoms. The Morgan fingerprint density at radius 3 is 1.66 bits per heavy atom. The Kier molecular flexibility index (Phi) is 13.1. The molecule has 0 aliphatic carbocycles. The van der Waals surface area contributed by atoms with E-state index in [1.807, 2.05) is 19.1 Å². The Bertz CT molecular complexity index is 769. The van der Waals surface area contributed by atoms with E-state index >= 15 is 0 Å². The number of esters is 1. The number of fused-ring (bicyclic) bond motifs is 1. The fourth-order valence-electron chi connectivity index (χ4n) is 5.21. The maximum Gasteiger partial charge on any atom is 0.334 e. The van der Waals surface area contributed by atoms with Crippen LogP contribution in [0.4, 0.5) is 0 Å². The normalized spacial score (nSPS) is 16.5. The maximum absolute atomic E-state index is 11.6. The first-order chi connectivity index (χ1) is 17.2. The highest BCUT2D eigenvalue weighted by atomic mass is 16.7. The Morgan fingerprint density at radius 2 is 1.14 bits per heavy atom. The summed E-state index contributed by atoms with van der Waals surface area (Å²) in [5.74, 6) is 1.70. The quantitative estimate of drug-likeness (QED) is 0.137. The second kappa shape index (κ2) is 16.7. The number of rotatable bonds is 20. The molecule has 2 aliphatic heterocycles. The molecule has 0 fully saturated rings. The van der Waals surface area contributed by atoms with Crippen molar-refractivity contribution in [3.05, 3.63) is 35.4 Å². The van der Waals surface area contributed by atoms with Gasteiger partial charge in [-0.05, 0) is 56.4 Å². The van der Waals surface area contributed by atoms with Crippen molar-refractivity contribution < 1.29 is 19.0 Å². The van der Waals surface area contributed by atoms with Crippen LogP contribution in [0.5, 0.6) is 11.5 Å². The van der Waals surface area contributed by atoms with Gasteiger partial charge in [0.25, 0.3) is 0 Å². The number of hydrogen-bond acceptors (Lipinski definition) is 4. The second-order valence-electron chi connectivity index (χ2n) is 10.5. The molecule has 2 aliphatic rings. The fourth-order valence-corrected chi connectivity index (χ4v) is 5.21. The van der Waals surface area contributed by atoms with Gasteiger partial charge >= 0.3 is 5.97 Å². The average molecular weight is 485 g/mol. The smallest absolute Gasteiger partial charge is 0.334 e. The van der Waals surface area contributed by atoms with Crippen molar-refractivity contribution in [2.24, 2.45) is 0 Å². The number of benzene rings is 1. The van der Waals surface area contributed by atoms with Crippen molar-refractivity contribution in [1.29, 1.82) is 0 Å². The number of carbonyl (C=O) groups excluding carboxylic acids is 1. The predicted octanol–water partition coefficient (Wildman–Crippen LogP) is 8.85. The monoisotopic (exact) mass is 484 g/mol. The van der Waals surface area contributed by atoms with Crippen molar-refractivity contribution >= 4 is 5.97 Å². The highest BCUT2D eigenvalue weighted by molar-refractivity contribution is 5.90. The van der Waals surface area contributed by atoms with E-state index in [1.54, 1.807) is 0 Å². The molecule has 0 saturated heterocycles. The lowest BCUT2D eigenvalue weighted by Gasteiger charge is -2.05. The Balaban J connectivity index is 0.996. The van der Waals surface area contributed by atoms with Crippen LogP contribution in [0.25, 0.3) is 0 Å². The zero-order valence-electron chi connectivity index (χ0n) is 22.2. The molecular weight excluding hydrogens is 436 g/mol. The number of ether oxygens (including phenoxy) is 3. The predicted molar refractivity (Wildman–Crippen MR) is 143 cm³/mol. The largest absolute Gasteiger partial charge is 0.455 e. The third kappa shape index (κ3) is 11.1. The van der Waals surface area contributed by atoms with E-state index in [0.717, 1.165) is 36.3 Å². The summed E-state index contributed by atoms with van der Waals surface area (Å²) in [5, 5.41) is 0. The van der Waals surface area contributed by atoms with Crippen molar-refractivity contribution in [3.63, 3.8) is 0 Å². The zero-order chi connectivity index (χ0) is 24.6. The Morgan fingerprint density at radius 1 is 0.657 bits per heavy atom. The molecule has 196 valence electrons. The summed E-state index contributed by atoms with van der Waals surface area (Å²) in [5.41, 5.74) is 2.26. The molecule has 0 N–H and O–H groups in total. The molecule has 0 bridgehead atoms. The fraction of sp³-hybridized carbons (Fsp3) is 0.710. The van der Waals surface area contributed by atoms with Crippen LogP contribution in [0.3, 0.4) is 0 Å². The van der Waals surface area contributed by atoms with Gasteiger partial charge in [0.05, 0.1) is 0 Å². The molecule has 1 aromatic rings. The van der Waals surface area contributed by atoms with E-state index in [1.165, 1.54) is 108 Å². The zero-order valence-corrected chi connectivity index (χ0v) is 22.2. The van der Waals surface area contributed by atoms with Gasteiger partial charge in [-0.15, -0.1) is 0 Å². The standard InChI is InChI=1S/C31H48O4/c1-26-23-28(31(32)35-26)20-18-16-14-12-10-8-6-4-2-3-5-7-9-11-13-15-17-19-27-21-22-29-30(24-27)34-25-33-29/h21-24,26H,2-20,25H2,1H3/t26-/m0/s1. The minimum atomic E-state index is -0.0950. The third-order valence-electron chi connectivity index (χ3n) is 7.34. The van der Waals surface area contributed by atoms with Gasteiger partial charge in [0.2, 0.25) is 6.79 Å². The van der Waals surface area contributed by atoms with Crippen LogP contribution in [0, 0.1) is 0 Å². The van der Waals surface area contributed by atoms with Gasteiger partial charge in [0.15, 0.2) is 11.5 Å². The Hall–Kier alpha value is -1.97. The molecular formula is C31H48O4. The molecule has 0 radical (unpaired) electrons. The number of carbonyl (C=O) groups is 1. The van der Waals surface area contributed by atoms with E-state index in [2.05, 4.69) is 12.1 Å². The molecule has 1 atom stereocenters. The molecule has 0 unspecified atom stereocenters. The van der Waals surface area contributed by atoms with Crippen LogP contribution in [0.1, 0.15) is 128 Å². The summed E-state index contributed by atoms with van der Waals surface area (Å²) in [6, 6.07) is 6.35. The number of unbranched alkanes of at least 4 members (excludes halogenated alkanes) is 16. The molecule has 4 heteroatoms. The van der Waals surface area contributed by atoms with E-state index in [9.17, 15) is 4.79 Å². The van der Waals surface area contributed by atoms with Gasteiger partial charge in [0, 0.05) is 5.57 Å². The lowest BCUT2D eigenvalue weighted by molar-refractivity contribution is -0.139. The lowest BCUT2D eigenvalue weighted by Crippen LogP contribution is -2.03. The van der Waals surface area contributed by atoms with Crippen LogP contribution in [-0.4, -0.2) is 18.9 Å². The highest BCUT2D eigenvalue weighted by Gasteiger charge is 2.21. The first-order valence-corrected chi connectivity index (χ1v) is 14.5. The summed E-state index contributed by atoms with van der Waals surface area (Å²) in [4.78, 5) is 11.6. The van der Waals surface area contributed by atoms with Crippen molar-refractivity contribution in [2.75, 3.05) is 6.79 Å². The molecule has 1 aromatic carbocycles. The summed E-state index contributed by atoms with van der Waals surface area (Å²) in [6.45, 7) is 2.29. The molecule has 4 nitrogen and oxygen atoms in total. The van der Waals surface area contributed by atoms with Crippen molar-refractivity contribution in [3.8, 4) is 11.5 Å². The molecule has 0 saturated carbocycles. The summed E-state index contributed by atoms with van der Waals surface area (Å²) >= 11 is 0. The third-order valence-corrected chi connectivity index (χ3v) is 7.34. The maximum atomic E-state index is 11.6. The van der Waals surface area contributed by atoms with Crippen LogP contribution in [-0.2, 0) is 16.0 Å². The molecule has 35 heavy (non-hydrogen) atoms. The van der Waals surface area contributed by atoms with E-state index in [0.29, 0.717) is 6.79 Å².